The Morgan fingerprint density at radius 3 is 3.10 bits per heavy atom. The van der Waals surface area contributed by atoms with Crippen molar-refractivity contribution >= 4 is 23.2 Å². The number of carbonyl (C=O) groups is 2. The molecule has 0 unspecified atom stereocenters. The van der Waals surface area contributed by atoms with Gasteiger partial charge in [-0.2, -0.15) is 0 Å². The molecule has 3 atom stereocenters. The van der Waals surface area contributed by atoms with Crippen LogP contribution in [0, 0.1) is 5.92 Å². The quantitative estimate of drug-likeness (QED) is 0.890. The Kier molecular flexibility index (Phi) is 3.76. The summed E-state index contributed by atoms with van der Waals surface area (Å²) in [6.45, 7) is 1.10. The third kappa shape index (κ3) is 2.33. The lowest BCUT2D eigenvalue weighted by Crippen LogP contribution is -2.38. The van der Waals surface area contributed by atoms with Crippen LogP contribution < -0.4 is 5.32 Å². The Morgan fingerprint density at radius 2 is 2.40 bits per heavy atom. The van der Waals surface area contributed by atoms with E-state index >= 15 is 0 Å². The van der Waals surface area contributed by atoms with Crippen LogP contribution in [0.1, 0.15) is 11.3 Å². The summed E-state index contributed by atoms with van der Waals surface area (Å²) in [5.41, 5.74) is 0. The molecule has 20 heavy (non-hydrogen) atoms. The molecular formula is C14H18N2O3S. The van der Waals surface area contributed by atoms with Gasteiger partial charge in [-0.1, -0.05) is 6.07 Å². The Bertz CT molecular complexity index is 503. The van der Waals surface area contributed by atoms with E-state index in [1.165, 1.54) is 0 Å². The molecule has 2 fully saturated rings. The van der Waals surface area contributed by atoms with Crippen LogP contribution in [-0.2, 0) is 20.7 Å². The minimum atomic E-state index is -0.236. The van der Waals surface area contributed by atoms with E-state index in [1.54, 1.807) is 18.4 Å². The standard InChI is InChI=1S/C14H18N2O3S/c1-15-14(18)10-8-16(11-4-5-19-13(10)11)12(17)7-9-3-2-6-20-9/h2-3,6,10-11,13H,4-5,7-8H2,1H3,(H,15,18)/t10-,11+,13+/m0/s1. The third-order valence-electron chi connectivity index (χ3n) is 4.10. The summed E-state index contributed by atoms with van der Waals surface area (Å²) in [7, 11) is 1.63. The maximum atomic E-state index is 12.5. The molecule has 2 saturated heterocycles. The zero-order valence-electron chi connectivity index (χ0n) is 11.4. The second-order valence-corrected chi connectivity index (χ2v) is 6.25. The van der Waals surface area contributed by atoms with Gasteiger partial charge in [-0.15, -0.1) is 11.3 Å². The van der Waals surface area contributed by atoms with Crippen molar-refractivity contribution in [3.05, 3.63) is 22.4 Å². The summed E-state index contributed by atoms with van der Waals surface area (Å²) in [4.78, 5) is 27.3. The van der Waals surface area contributed by atoms with Crippen LogP contribution in [0.25, 0.3) is 0 Å². The number of rotatable bonds is 3. The predicted octanol–water partition coefficient (Wildman–Crippen LogP) is 0.652. The molecule has 5 nitrogen and oxygen atoms in total. The fourth-order valence-corrected chi connectivity index (χ4v) is 3.83. The van der Waals surface area contributed by atoms with Crippen molar-refractivity contribution in [3.63, 3.8) is 0 Å². The Labute approximate surface area is 121 Å². The summed E-state index contributed by atoms with van der Waals surface area (Å²) in [6.07, 6.45) is 1.11. The molecule has 108 valence electrons. The van der Waals surface area contributed by atoms with Gasteiger partial charge in [0.2, 0.25) is 11.8 Å². The van der Waals surface area contributed by atoms with Crippen molar-refractivity contribution in [3.8, 4) is 0 Å². The normalized spacial score (nSPS) is 28.4. The van der Waals surface area contributed by atoms with Gasteiger partial charge in [0.1, 0.15) is 0 Å². The average Bonchev–Trinajstić information content (AvgIpc) is 3.13. The summed E-state index contributed by atoms with van der Waals surface area (Å²) < 4.78 is 5.68. The molecule has 6 heteroatoms. The number of ether oxygens (including phenoxy) is 1. The summed E-state index contributed by atoms with van der Waals surface area (Å²) in [5, 5.41) is 4.64. The number of fused-ring (bicyclic) bond motifs is 1. The number of nitrogens with zero attached hydrogens (tertiary/aromatic N) is 1. The van der Waals surface area contributed by atoms with Gasteiger partial charge < -0.3 is 15.0 Å². The van der Waals surface area contributed by atoms with Crippen LogP contribution in [0.5, 0.6) is 0 Å². The molecule has 3 rings (SSSR count). The van der Waals surface area contributed by atoms with Crippen molar-refractivity contribution in [2.45, 2.75) is 25.0 Å². The van der Waals surface area contributed by atoms with E-state index in [2.05, 4.69) is 5.32 Å². The van der Waals surface area contributed by atoms with Crippen molar-refractivity contribution < 1.29 is 14.3 Å². The predicted molar refractivity (Wildman–Crippen MR) is 75.4 cm³/mol. The van der Waals surface area contributed by atoms with Crippen molar-refractivity contribution in [2.75, 3.05) is 20.2 Å². The molecule has 1 aromatic rings. The van der Waals surface area contributed by atoms with Crippen molar-refractivity contribution in [2.24, 2.45) is 5.92 Å². The molecule has 0 aromatic carbocycles. The van der Waals surface area contributed by atoms with E-state index in [0.717, 1.165) is 11.3 Å². The highest BCUT2D eigenvalue weighted by molar-refractivity contribution is 7.10. The number of thiophene rings is 1. The number of likely N-dealkylation sites (tertiary alicyclic amines) is 1. The topological polar surface area (TPSA) is 58.6 Å². The first-order valence-corrected chi connectivity index (χ1v) is 7.73. The van der Waals surface area contributed by atoms with Crippen LogP contribution in [0.2, 0.25) is 0 Å². The summed E-state index contributed by atoms with van der Waals surface area (Å²) in [5.74, 6) is -0.174. The van der Waals surface area contributed by atoms with Gasteiger partial charge in [0.05, 0.1) is 24.5 Å². The first kappa shape index (κ1) is 13.6. The molecule has 1 N–H and O–H groups in total. The molecule has 0 bridgehead atoms. The highest BCUT2D eigenvalue weighted by Crippen LogP contribution is 2.34. The lowest BCUT2D eigenvalue weighted by Gasteiger charge is -2.22. The first-order chi connectivity index (χ1) is 9.70. The largest absolute Gasteiger partial charge is 0.375 e. The molecule has 1 aromatic heterocycles. The first-order valence-electron chi connectivity index (χ1n) is 6.85. The molecule has 0 aliphatic carbocycles. The van der Waals surface area contributed by atoms with E-state index in [1.807, 2.05) is 22.4 Å². The highest BCUT2D eigenvalue weighted by atomic mass is 32.1. The molecule has 2 aliphatic heterocycles. The van der Waals surface area contributed by atoms with Gasteiger partial charge in [0, 0.05) is 25.1 Å². The van der Waals surface area contributed by atoms with Gasteiger partial charge in [0.25, 0.3) is 0 Å². The number of nitrogens with one attached hydrogen (secondary N) is 1. The van der Waals surface area contributed by atoms with E-state index in [9.17, 15) is 9.59 Å². The maximum absolute atomic E-state index is 12.5. The second-order valence-electron chi connectivity index (χ2n) is 5.21. The van der Waals surface area contributed by atoms with Crippen molar-refractivity contribution in [1.82, 2.24) is 10.2 Å². The lowest BCUT2D eigenvalue weighted by molar-refractivity contribution is -0.131. The monoisotopic (exact) mass is 294 g/mol. The SMILES string of the molecule is CNC(=O)[C@H]1CN(C(=O)Cc2cccs2)[C@@H]2CCO[C@H]12. The Balaban J connectivity index is 1.73. The summed E-state index contributed by atoms with van der Waals surface area (Å²) in [6, 6.07) is 3.98. The second kappa shape index (κ2) is 5.54. The molecule has 0 saturated carbocycles. The summed E-state index contributed by atoms with van der Waals surface area (Å²) >= 11 is 1.59. The highest BCUT2D eigenvalue weighted by Gasteiger charge is 2.49. The average molecular weight is 294 g/mol. The van der Waals surface area contributed by atoms with Gasteiger partial charge in [-0.05, 0) is 17.9 Å². The zero-order chi connectivity index (χ0) is 14.1. The third-order valence-corrected chi connectivity index (χ3v) is 4.98. The molecule has 0 radical (unpaired) electrons. The Morgan fingerprint density at radius 1 is 1.55 bits per heavy atom. The molecular weight excluding hydrogens is 276 g/mol. The van der Waals surface area contributed by atoms with Gasteiger partial charge >= 0.3 is 0 Å². The molecule has 2 amide bonds. The van der Waals surface area contributed by atoms with Crippen LogP contribution in [0.4, 0.5) is 0 Å². The zero-order valence-corrected chi connectivity index (χ0v) is 12.2. The lowest BCUT2D eigenvalue weighted by atomic mass is 10.0. The minimum Gasteiger partial charge on any atom is -0.375 e. The van der Waals surface area contributed by atoms with Crippen LogP contribution in [0.3, 0.4) is 0 Å². The molecule has 3 heterocycles. The number of hydrogen-bond acceptors (Lipinski definition) is 4. The smallest absolute Gasteiger partial charge is 0.228 e. The maximum Gasteiger partial charge on any atom is 0.228 e. The van der Waals surface area contributed by atoms with Crippen molar-refractivity contribution in [1.29, 1.82) is 0 Å². The number of hydrogen-bond donors (Lipinski definition) is 1. The van der Waals surface area contributed by atoms with Crippen LogP contribution >= 0.6 is 11.3 Å². The Hall–Kier alpha value is -1.40. The fraction of sp³-hybridized carbons (Fsp3) is 0.571. The van der Waals surface area contributed by atoms with E-state index in [0.29, 0.717) is 19.6 Å². The van der Waals surface area contributed by atoms with Gasteiger partial charge in [0.15, 0.2) is 0 Å². The fourth-order valence-electron chi connectivity index (χ4n) is 3.14. The van der Waals surface area contributed by atoms with E-state index in [4.69, 9.17) is 4.74 Å². The van der Waals surface area contributed by atoms with Crippen LogP contribution in [-0.4, -0.2) is 49.1 Å². The van der Waals surface area contributed by atoms with Gasteiger partial charge in [-0.25, -0.2) is 0 Å². The number of carbonyl (C=O) groups excluding carboxylic acids is 2. The van der Waals surface area contributed by atoms with Gasteiger partial charge in [-0.3, -0.25) is 9.59 Å². The number of amides is 2. The molecule has 0 spiro atoms. The minimum absolute atomic E-state index is 0.0340. The molecule has 2 aliphatic rings. The van der Waals surface area contributed by atoms with Crippen LogP contribution in [0.15, 0.2) is 17.5 Å². The van der Waals surface area contributed by atoms with E-state index < -0.39 is 0 Å². The van der Waals surface area contributed by atoms with E-state index in [-0.39, 0.29) is 29.9 Å².